The van der Waals surface area contributed by atoms with Crippen LogP contribution in [0, 0.1) is 0 Å². The van der Waals surface area contributed by atoms with Crippen LogP contribution in [0.25, 0.3) is 0 Å². The standard InChI is InChI=1S/C15H17BrN6O2/c1-24-14-11(16)8-18-15(21-14)22-6-3-10(4-7-22)20-13(23)12-2-5-17-9-19-12/h2,5,8-10H,3-4,6-7H2,1H3,(H,20,23). The average Bonchev–Trinajstić information content (AvgIpc) is 2.63. The second-order valence-electron chi connectivity index (χ2n) is 5.36. The van der Waals surface area contributed by atoms with Crippen molar-refractivity contribution in [1.29, 1.82) is 0 Å². The van der Waals surface area contributed by atoms with Gasteiger partial charge in [0.2, 0.25) is 11.8 Å². The van der Waals surface area contributed by atoms with E-state index >= 15 is 0 Å². The summed E-state index contributed by atoms with van der Waals surface area (Å²) >= 11 is 3.35. The Morgan fingerprint density at radius 2 is 2.17 bits per heavy atom. The van der Waals surface area contributed by atoms with Crippen molar-refractivity contribution in [1.82, 2.24) is 25.3 Å². The fourth-order valence-corrected chi connectivity index (χ4v) is 2.90. The number of piperidine rings is 1. The largest absolute Gasteiger partial charge is 0.480 e. The van der Waals surface area contributed by atoms with E-state index in [9.17, 15) is 4.79 Å². The van der Waals surface area contributed by atoms with Gasteiger partial charge < -0.3 is 15.0 Å². The van der Waals surface area contributed by atoms with E-state index in [0.29, 0.717) is 17.5 Å². The lowest BCUT2D eigenvalue weighted by molar-refractivity contribution is 0.0926. The number of hydrogen-bond acceptors (Lipinski definition) is 7. The van der Waals surface area contributed by atoms with Crippen LogP contribution in [0.2, 0.25) is 0 Å². The van der Waals surface area contributed by atoms with Crippen LogP contribution >= 0.6 is 15.9 Å². The zero-order valence-electron chi connectivity index (χ0n) is 13.1. The maximum atomic E-state index is 12.1. The minimum atomic E-state index is -0.169. The van der Waals surface area contributed by atoms with Crippen LogP contribution < -0.4 is 15.0 Å². The fraction of sp³-hybridized carbons (Fsp3) is 0.400. The molecule has 3 rings (SSSR count). The molecule has 0 aromatic carbocycles. The van der Waals surface area contributed by atoms with Crippen molar-refractivity contribution >= 4 is 27.8 Å². The Hall–Kier alpha value is -2.29. The number of carbonyl (C=O) groups is 1. The van der Waals surface area contributed by atoms with Gasteiger partial charge in [-0.3, -0.25) is 4.79 Å². The first-order valence-electron chi connectivity index (χ1n) is 7.55. The molecule has 0 spiro atoms. The summed E-state index contributed by atoms with van der Waals surface area (Å²) in [5.74, 6) is 0.979. The normalized spacial score (nSPS) is 15.2. The van der Waals surface area contributed by atoms with E-state index < -0.39 is 0 Å². The Labute approximate surface area is 147 Å². The van der Waals surface area contributed by atoms with E-state index in [-0.39, 0.29) is 11.9 Å². The van der Waals surface area contributed by atoms with Crippen LogP contribution in [-0.4, -0.2) is 52.1 Å². The molecule has 1 aliphatic heterocycles. The number of anilines is 1. The minimum absolute atomic E-state index is 0.112. The van der Waals surface area contributed by atoms with Gasteiger partial charge in [-0.2, -0.15) is 4.98 Å². The molecule has 3 heterocycles. The summed E-state index contributed by atoms with van der Waals surface area (Å²) in [5.41, 5.74) is 0.383. The Morgan fingerprint density at radius 3 is 2.83 bits per heavy atom. The molecule has 24 heavy (non-hydrogen) atoms. The first-order valence-corrected chi connectivity index (χ1v) is 8.35. The second-order valence-corrected chi connectivity index (χ2v) is 6.21. The van der Waals surface area contributed by atoms with Gasteiger partial charge in [-0.15, -0.1) is 0 Å². The summed E-state index contributed by atoms with van der Waals surface area (Å²) in [5, 5.41) is 3.01. The first-order chi connectivity index (χ1) is 11.7. The molecular weight excluding hydrogens is 376 g/mol. The topological polar surface area (TPSA) is 93.1 Å². The Bertz CT molecular complexity index is 706. The van der Waals surface area contributed by atoms with Gasteiger partial charge >= 0.3 is 0 Å². The molecule has 1 fully saturated rings. The molecule has 126 valence electrons. The molecule has 0 saturated carbocycles. The van der Waals surface area contributed by atoms with Crippen molar-refractivity contribution in [3.63, 3.8) is 0 Å². The number of rotatable bonds is 4. The van der Waals surface area contributed by atoms with E-state index in [1.807, 2.05) is 0 Å². The molecule has 1 aliphatic rings. The quantitative estimate of drug-likeness (QED) is 0.840. The lowest BCUT2D eigenvalue weighted by Crippen LogP contribution is -2.45. The summed E-state index contributed by atoms with van der Waals surface area (Å²) in [6, 6.07) is 1.72. The minimum Gasteiger partial charge on any atom is -0.480 e. The molecular formula is C15H17BrN6O2. The van der Waals surface area contributed by atoms with Crippen molar-refractivity contribution in [3.05, 3.63) is 35.0 Å². The van der Waals surface area contributed by atoms with Gasteiger partial charge in [0.05, 0.1) is 17.8 Å². The fourth-order valence-electron chi connectivity index (χ4n) is 2.55. The van der Waals surface area contributed by atoms with Gasteiger partial charge in [0.25, 0.3) is 5.91 Å². The van der Waals surface area contributed by atoms with Gasteiger partial charge in [0, 0.05) is 25.3 Å². The lowest BCUT2D eigenvalue weighted by Gasteiger charge is -2.32. The molecule has 0 unspecified atom stereocenters. The molecule has 0 bridgehead atoms. The molecule has 1 amide bonds. The van der Waals surface area contributed by atoms with Crippen LogP contribution in [0.5, 0.6) is 5.88 Å². The third kappa shape index (κ3) is 3.78. The Kier molecular flexibility index (Phi) is 5.19. The maximum Gasteiger partial charge on any atom is 0.270 e. The number of methoxy groups -OCH3 is 1. The van der Waals surface area contributed by atoms with E-state index in [1.54, 1.807) is 25.6 Å². The molecule has 8 nitrogen and oxygen atoms in total. The first kappa shape index (κ1) is 16.6. The number of ether oxygens (including phenoxy) is 1. The lowest BCUT2D eigenvalue weighted by atomic mass is 10.1. The van der Waals surface area contributed by atoms with Crippen molar-refractivity contribution < 1.29 is 9.53 Å². The predicted octanol–water partition coefficient (Wildman–Crippen LogP) is 1.44. The molecule has 2 aromatic heterocycles. The van der Waals surface area contributed by atoms with Crippen molar-refractivity contribution in [2.75, 3.05) is 25.1 Å². The van der Waals surface area contributed by atoms with Gasteiger partial charge in [-0.1, -0.05) is 0 Å². The number of nitrogens with one attached hydrogen (secondary N) is 1. The number of nitrogens with zero attached hydrogens (tertiary/aromatic N) is 5. The van der Waals surface area contributed by atoms with E-state index in [4.69, 9.17) is 4.74 Å². The zero-order chi connectivity index (χ0) is 16.9. The van der Waals surface area contributed by atoms with Crippen molar-refractivity contribution in [2.24, 2.45) is 0 Å². The van der Waals surface area contributed by atoms with E-state index in [0.717, 1.165) is 30.4 Å². The van der Waals surface area contributed by atoms with Gasteiger partial charge in [0.15, 0.2) is 0 Å². The highest BCUT2D eigenvalue weighted by molar-refractivity contribution is 9.10. The smallest absolute Gasteiger partial charge is 0.270 e. The molecule has 2 aromatic rings. The van der Waals surface area contributed by atoms with Crippen LogP contribution in [-0.2, 0) is 0 Å². The van der Waals surface area contributed by atoms with Gasteiger partial charge in [-0.05, 0) is 34.8 Å². The molecule has 1 N–H and O–H groups in total. The molecule has 1 saturated heterocycles. The molecule has 0 atom stereocenters. The summed E-state index contributed by atoms with van der Waals surface area (Å²) in [6.45, 7) is 1.53. The van der Waals surface area contributed by atoms with Gasteiger partial charge in [0.1, 0.15) is 12.0 Å². The Balaban J connectivity index is 1.57. The number of carbonyl (C=O) groups excluding carboxylic acids is 1. The van der Waals surface area contributed by atoms with Crippen LogP contribution in [0.3, 0.4) is 0 Å². The van der Waals surface area contributed by atoms with Gasteiger partial charge in [-0.25, -0.2) is 15.0 Å². The average molecular weight is 393 g/mol. The Morgan fingerprint density at radius 1 is 1.38 bits per heavy atom. The highest BCUT2D eigenvalue weighted by Gasteiger charge is 2.23. The SMILES string of the molecule is COc1nc(N2CCC(NC(=O)c3ccncn3)CC2)ncc1Br. The monoisotopic (exact) mass is 392 g/mol. The zero-order valence-corrected chi connectivity index (χ0v) is 14.7. The molecule has 0 aliphatic carbocycles. The van der Waals surface area contributed by atoms with Crippen LogP contribution in [0.4, 0.5) is 5.95 Å². The summed E-state index contributed by atoms with van der Waals surface area (Å²) in [7, 11) is 1.58. The third-order valence-corrected chi connectivity index (χ3v) is 4.36. The number of aromatic nitrogens is 4. The highest BCUT2D eigenvalue weighted by atomic mass is 79.9. The number of halogens is 1. The summed E-state index contributed by atoms with van der Waals surface area (Å²) < 4.78 is 5.93. The van der Waals surface area contributed by atoms with E-state index in [1.165, 1.54) is 6.33 Å². The maximum absolute atomic E-state index is 12.1. The highest BCUT2D eigenvalue weighted by Crippen LogP contribution is 2.24. The summed E-state index contributed by atoms with van der Waals surface area (Å²) in [6.07, 6.45) is 6.25. The second kappa shape index (κ2) is 7.52. The predicted molar refractivity (Wildman–Crippen MR) is 91.0 cm³/mol. The number of amides is 1. The van der Waals surface area contributed by atoms with Crippen LogP contribution in [0.1, 0.15) is 23.3 Å². The third-order valence-electron chi connectivity index (χ3n) is 3.82. The van der Waals surface area contributed by atoms with E-state index in [2.05, 4.69) is 46.1 Å². The van der Waals surface area contributed by atoms with Crippen molar-refractivity contribution in [2.45, 2.75) is 18.9 Å². The number of hydrogen-bond donors (Lipinski definition) is 1. The van der Waals surface area contributed by atoms with Crippen LogP contribution in [0.15, 0.2) is 29.3 Å². The molecule has 0 radical (unpaired) electrons. The van der Waals surface area contributed by atoms with Crippen molar-refractivity contribution in [3.8, 4) is 5.88 Å². The molecule has 9 heteroatoms. The summed E-state index contributed by atoms with van der Waals surface area (Å²) in [4.78, 5) is 30.7.